The first kappa shape index (κ1) is 14.6. The van der Waals surface area contributed by atoms with Crippen LogP contribution in [0.3, 0.4) is 0 Å². The maximum absolute atomic E-state index is 10.7. The topological polar surface area (TPSA) is 40.5 Å². The van der Waals surface area contributed by atoms with Gasteiger partial charge in [-0.15, -0.1) is 0 Å². The molecule has 1 aromatic rings. The monoisotopic (exact) mass is 249 g/mol. The summed E-state index contributed by atoms with van der Waals surface area (Å²) in [7, 11) is 0. The Bertz CT molecular complexity index is 388. The second-order valence-electron chi connectivity index (χ2n) is 4.84. The summed E-state index contributed by atoms with van der Waals surface area (Å²) >= 11 is 0. The van der Waals surface area contributed by atoms with Gasteiger partial charge in [0.15, 0.2) is 0 Å². The SMILES string of the molecule is CCCN(CCC(=O)O)c1ccccc1C(C)C. The highest BCUT2D eigenvalue weighted by Gasteiger charge is 2.13. The molecule has 0 aromatic heterocycles. The third-order valence-corrected chi connectivity index (χ3v) is 2.99. The largest absolute Gasteiger partial charge is 0.481 e. The summed E-state index contributed by atoms with van der Waals surface area (Å²) < 4.78 is 0. The molecule has 0 heterocycles. The Hall–Kier alpha value is -1.51. The number of nitrogens with zero attached hydrogens (tertiary/aromatic N) is 1. The van der Waals surface area contributed by atoms with Gasteiger partial charge in [0, 0.05) is 18.8 Å². The van der Waals surface area contributed by atoms with Crippen LogP contribution in [0.5, 0.6) is 0 Å². The van der Waals surface area contributed by atoms with Gasteiger partial charge in [-0.05, 0) is 24.0 Å². The fraction of sp³-hybridized carbons (Fsp3) is 0.533. The number of rotatable bonds is 7. The fourth-order valence-electron chi connectivity index (χ4n) is 2.12. The van der Waals surface area contributed by atoms with E-state index in [1.54, 1.807) is 0 Å². The highest BCUT2D eigenvalue weighted by Crippen LogP contribution is 2.27. The lowest BCUT2D eigenvalue weighted by Gasteiger charge is -2.27. The smallest absolute Gasteiger partial charge is 0.305 e. The number of carboxylic acid groups (broad SMARTS) is 1. The number of carboxylic acids is 1. The molecular weight excluding hydrogens is 226 g/mol. The molecule has 0 amide bonds. The highest BCUT2D eigenvalue weighted by atomic mass is 16.4. The van der Waals surface area contributed by atoms with Crippen LogP contribution in [0.4, 0.5) is 5.69 Å². The lowest BCUT2D eigenvalue weighted by Crippen LogP contribution is -2.28. The molecule has 0 aliphatic heterocycles. The number of anilines is 1. The molecule has 0 saturated carbocycles. The quantitative estimate of drug-likeness (QED) is 0.804. The molecule has 3 heteroatoms. The Balaban J connectivity index is 2.93. The van der Waals surface area contributed by atoms with Crippen molar-refractivity contribution in [1.29, 1.82) is 0 Å². The van der Waals surface area contributed by atoms with Crippen molar-refractivity contribution in [3.63, 3.8) is 0 Å². The zero-order valence-corrected chi connectivity index (χ0v) is 11.5. The van der Waals surface area contributed by atoms with Gasteiger partial charge in [-0.2, -0.15) is 0 Å². The molecule has 0 unspecified atom stereocenters. The standard InChI is InChI=1S/C15H23NO2/c1-4-10-16(11-9-15(17)18)14-8-6-5-7-13(14)12(2)3/h5-8,12H,4,9-11H2,1-3H3,(H,17,18). The molecule has 1 aromatic carbocycles. The summed E-state index contributed by atoms with van der Waals surface area (Å²) in [4.78, 5) is 12.9. The fourth-order valence-corrected chi connectivity index (χ4v) is 2.12. The molecule has 0 bridgehead atoms. The maximum atomic E-state index is 10.7. The van der Waals surface area contributed by atoms with Crippen molar-refractivity contribution in [3.05, 3.63) is 29.8 Å². The number of hydrogen-bond donors (Lipinski definition) is 1. The first-order chi connectivity index (χ1) is 8.56. The van der Waals surface area contributed by atoms with Crippen LogP contribution in [0.15, 0.2) is 24.3 Å². The van der Waals surface area contributed by atoms with E-state index < -0.39 is 5.97 Å². The molecule has 100 valence electrons. The van der Waals surface area contributed by atoms with Gasteiger partial charge in [0.2, 0.25) is 0 Å². The average Bonchev–Trinajstić information content (AvgIpc) is 2.34. The van der Waals surface area contributed by atoms with Crippen molar-refractivity contribution in [1.82, 2.24) is 0 Å². The van der Waals surface area contributed by atoms with Crippen molar-refractivity contribution in [2.45, 2.75) is 39.5 Å². The van der Waals surface area contributed by atoms with Gasteiger partial charge in [-0.1, -0.05) is 39.0 Å². The van der Waals surface area contributed by atoms with E-state index in [1.807, 2.05) is 12.1 Å². The normalized spacial score (nSPS) is 10.7. The summed E-state index contributed by atoms with van der Waals surface area (Å²) in [6, 6.07) is 8.28. The minimum atomic E-state index is -0.738. The van der Waals surface area contributed by atoms with E-state index in [9.17, 15) is 4.79 Å². The van der Waals surface area contributed by atoms with Gasteiger partial charge in [0.1, 0.15) is 0 Å². The molecule has 0 atom stereocenters. The Kier molecular flexibility index (Phi) is 5.69. The molecule has 3 nitrogen and oxygen atoms in total. The van der Waals surface area contributed by atoms with E-state index in [4.69, 9.17) is 5.11 Å². The molecule has 18 heavy (non-hydrogen) atoms. The maximum Gasteiger partial charge on any atom is 0.305 e. The Morgan fingerprint density at radius 2 is 1.94 bits per heavy atom. The number of benzene rings is 1. The van der Waals surface area contributed by atoms with Crippen LogP contribution in [0.25, 0.3) is 0 Å². The number of hydrogen-bond acceptors (Lipinski definition) is 2. The summed E-state index contributed by atoms with van der Waals surface area (Å²) in [5.41, 5.74) is 2.46. The van der Waals surface area contributed by atoms with Gasteiger partial charge >= 0.3 is 5.97 Å². The second-order valence-corrected chi connectivity index (χ2v) is 4.84. The predicted octanol–water partition coefficient (Wildman–Crippen LogP) is 3.50. The van der Waals surface area contributed by atoms with Gasteiger partial charge < -0.3 is 10.0 Å². The lowest BCUT2D eigenvalue weighted by atomic mass is 10.00. The summed E-state index contributed by atoms with van der Waals surface area (Å²) in [6.07, 6.45) is 1.21. The van der Waals surface area contributed by atoms with Gasteiger partial charge in [0.05, 0.1) is 6.42 Å². The van der Waals surface area contributed by atoms with Crippen LogP contribution in [-0.4, -0.2) is 24.2 Å². The molecule has 0 aliphatic rings. The molecule has 0 aliphatic carbocycles. The molecule has 0 spiro atoms. The van der Waals surface area contributed by atoms with E-state index in [1.165, 1.54) is 11.3 Å². The van der Waals surface area contributed by atoms with E-state index in [0.29, 0.717) is 12.5 Å². The van der Waals surface area contributed by atoms with Gasteiger partial charge in [-0.3, -0.25) is 4.79 Å². The minimum absolute atomic E-state index is 0.187. The zero-order valence-electron chi connectivity index (χ0n) is 11.5. The Labute approximate surface area is 109 Å². The van der Waals surface area contributed by atoms with Crippen LogP contribution >= 0.6 is 0 Å². The third-order valence-electron chi connectivity index (χ3n) is 2.99. The number of para-hydroxylation sites is 1. The second kappa shape index (κ2) is 7.04. The van der Waals surface area contributed by atoms with Gasteiger partial charge in [-0.25, -0.2) is 0 Å². The van der Waals surface area contributed by atoms with Gasteiger partial charge in [0.25, 0.3) is 0 Å². The van der Waals surface area contributed by atoms with Crippen molar-refractivity contribution in [2.24, 2.45) is 0 Å². The van der Waals surface area contributed by atoms with Crippen molar-refractivity contribution in [3.8, 4) is 0 Å². The molecule has 0 radical (unpaired) electrons. The first-order valence-electron chi connectivity index (χ1n) is 6.62. The van der Waals surface area contributed by atoms with Crippen molar-refractivity contribution >= 4 is 11.7 Å². The highest BCUT2D eigenvalue weighted by molar-refractivity contribution is 5.68. The van der Waals surface area contributed by atoms with Crippen LogP contribution in [0.1, 0.15) is 45.1 Å². The van der Waals surface area contributed by atoms with Crippen LogP contribution in [0, 0.1) is 0 Å². The summed E-state index contributed by atoms with van der Waals surface area (Å²) in [5.74, 6) is -0.288. The third kappa shape index (κ3) is 4.06. The number of aliphatic carboxylic acids is 1. The minimum Gasteiger partial charge on any atom is -0.481 e. The van der Waals surface area contributed by atoms with Crippen molar-refractivity contribution < 1.29 is 9.90 Å². The van der Waals surface area contributed by atoms with Crippen molar-refractivity contribution in [2.75, 3.05) is 18.0 Å². The van der Waals surface area contributed by atoms with Crippen LogP contribution in [0.2, 0.25) is 0 Å². The summed E-state index contributed by atoms with van der Waals surface area (Å²) in [6.45, 7) is 7.93. The molecule has 0 fully saturated rings. The predicted molar refractivity (Wildman–Crippen MR) is 75.3 cm³/mol. The lowest BCUT2D eigenvalue weighted by molar-refractivity contribution is -0.136. The van der Waals surface area contributed by atoms with Crippen LogP contribution < -0.4 is 4.90 Å². The molecule has 0 saturated heterocycles. The Morgan fingerprint density at radius 3 is 2.50 bits per heavy atom. The number of carbonyl (C=O) groups is 1. The molecular formula is C15H23NO2. The summed E-state index contributed by atoms with van der Waals surface area (Å²) in [5, 5.41) is 8.83. The van der Waals surface area contributed by atoms with Crippen LogP contribution in [-0.2, 0) is 4.79 Å². The average molecular weight is 249 g/mol. The van der Waals surface area contributed by atoms with E-state index in [2.05, 4.69) is 37.8 Å². The van der Waals surface area contributed by atoms with E-state index >= 15 is 0 Å². The first-order valence-corrected chi connectivity index (χ1v) is 6.62. The molecule has 1 rings (SSSR count). The molecule has 1 N–H and O–H groups in total. The zero-order chi connectivity index (χ0) is 13.5. The van der Waals surface area contributed by atoms with E-state index in [0.717, 1.165) is 13.0 Å². The van der Waals surface area contributed by atoms with E-state index in [-0.39, 0.29) is 6.42 Å². The Morgan fingerprint density at radius 1 is 1.28 bits per heavy atom.